The summed E-state index contributed by atoms with van der Waals surface area (Å²) in [6, 6.07) is -0.0988. The van der Waals surface area contributed by atoms with Crippen molar-refractivity contribution in [1.29, 1.82) is 0 Å². The average Bonchev–Trinajstić information content (AvgIpc) is 2.51. The molecule has 1 aromatic carbocycles. The Morgan fingerprint density at radius 1 is 1.27 bits per heavy atom. The Morgan fingerprint density at radius 2 is 1.85 bits per heavy atom. The summed E-state index contributed by atoms with van der Waals surface area (Å²) in [7, 11) is -3.82. The molecule has 0 aliphatic heterocycles. The summed E-state index contributed by atoms with van der Waals surface area (Å²) < 4.78 is 69.9. The number of alkyl halides is 3. The van der Waals surface area contributed by atoms with E-state index in [1.165, 1.54) is 0 Å². The molecule has 0 aromatic heterocycles. The van der Waals surface area contributed by atoms with E-state index in [0.717, 1.165) is 7.11 Å². The molecule has 0 saturated carbocycles. The van der Waals surface area contributed by atoms with E-state index >= 15 is 0 Å². The number of aliphatic carboxylic acids is 1. The van der Waals surface area contributed by atoms with Gasteiger partial charge in [0.05, 0.1) is 23.1 Å². The third-order valence-corrected chi connectivity index (χ3v) is 4.82. The first-order valence-corrected chi connectivity index (χ1v) is 8.82. The monoisotopic (exact) mass is 397 g/mol. The van der Waals surface area contributed by atoms with Gasteiger partial charge >= 0.3 is 18.1 Å². The van der Waals surface area contributed by atoms with Crippen molar-refractivity contribution in [3.05, 3.63) is 29.3 Å². The van der Waals surface area contributed by atoms with Crippen LogP contribution in [0.1, 0.15) is 36.2 Å². The van der Waals surface area contributed by atoms with Gasteiger partial charge in [-0.05, 0) is 30.5 Å². The molecule has 1 unspecified atom stereocenters. The van der Waals surface area contributed by atoms with Crippen molar-refractivity contribution in [3.8, 4) is 0 Å². The number of hydrogen-bond acceptors (Lipinski definition) is 5. The number of ether oxygens (including phenoxy) is 1. The van der Waals surface area contributed by atoms with Crippen molar-refractivity contribution >= 4 is 22.0 Å². The van der Waals surface area contributed by atoms with Crippen LogP contribution in [-0.4, -0.2) is 38.6 Å². The Morgan fingerprint density at radius 3 is 2.27 bits per heavy atom. The molecule has 0 aliphatic carbocycles. The summed E-state index contributed by atoms with van der Waals surface area (Å²) in [4.78, 5) is 22.0. The number of methoxy groups -OCH3 is 1. The number of carboxylic acid groups (broad SMARTS) is 1. The van der Waals surface area contributed by atoms with Gasteiger partial charge < -0.3 is 9.84 Å². The maximum atomic E-state index is 12.9. The number of benzene rings is 1. The second-order valence-electron chi connectivity index (χ2n) is 5.84. The van der Waals surface area contributed by atoms with Crippen LogP contribution in [0.3, 0.4) is 0 Å². The van der Waals surface area contributed by atoms with Crippen LogP contribution in [0.4, 0.5) is 13.2 Å². The molecule has 0 spiro atoms. The number of sulfonamides is 1. The van der Waals surface area contributed by atoms with Crippen molar-refractivity contribution < 1.29 is 41.0 Å². The number of carboxylic acids is 1. The Hall–Kier alpha value is -2.14. The van der Waals surface area contributed by atoms with E-state index in [2.05, 4.69) is 4.74 Å². The van der Waals surface area contributed by atoms with Gasteiger partial charge in [0, 0.05) is 0 Å². The van der Waals surface area contributed by atoms with E-state index < -0.39 is 50.2 Å². The van der Waals surface area contributed by atoms with Crippen LogP contribution in [0.15, 0.2) is 23.1 Å². The summed E-state index contributed by atoms with van der Waals surface area (Å²) in [6.45, 7) is 3.29. The van der Waals surface area contributed by atoms with Gasteiger partial charge in [0.2, 0.25) is 10.0 Å². The molecular weight excluding hydrogens is 379 g/mol. The second-order valence-corrected chi connectivity index (χ2v) is 7.52. The van der Waals surface area contributed by atoms with Crippen molar-refractivity contribution in [2.75, 3.05) is 7.11 Å². The number of carbonyl (C=O) groups is 2. The fourth-order valence-corrected chi connectivity index (χ4v) is 3.54. The molecule has 1 aromatic rings. The Bertz CT molecular complexity index is 789. The Labute approximate surface area is 148 Å². The molecule has 7 nitrogen and oxygen atoms in total. The minimum Gasteiger partial charge on any atom is -0.480 e. The fraction of sp³-hybridized carbons (Fsp3) is 0.467. The van der Waals surface area contributed by atoms with Crippen LogP contribution < -0.4 is 4.72 Å². The lowest BCUT2D eigenvalue weighted by Gasteiger charge is -2.18. The van der Waals surface area contributed by atoms with E-state index in [1.807, 2.05) is 4.72 Å². The number of carbonyl (C=O) groups excluding carboxylic acids is 1. The van der Waals surface area contributed by atoms with Crippen LogP contribution in [0.25, 0.3) is 0 Å². The lowest BCUT2D eigenvalue weighted by Crippen LogP contribution is -2.42. The molecule has 0 heterocycles. The number of hydrogen-bond donors (Lipinski definition) is 2. The van der Waals surface area contributed by atoms with E-state index in [0.29, 0.717) is 12.1 Å². The molecule has 26 heavy (non-hydrogen) atoms. The highest BCUT2D eigenvalue weighted by atomic mass is 32.2. The van der Waals surface area contributed by atoms with Crippen molar-refractivity contribution in [2.45, 2.75) is 37.4 Å². The zero-order valence-electron chi connectivity index (χ0n) is 14.1. The van der Waals surface area contributed by atoms with Crippen molar-refractivity contribution in [2.24, 2.45) is 5.92 Å². The van der Waals surface area contributed by atoms with Crippen molar-refractivity contribution in [1.82, 2.24) is 4.72 Å². The lowest BCUT2D eigenvalue weighted by atomic mass is 10.1. The SMILES string of the molecule is COC(=O)c1ccc(C(F)(F)F)cc1S(=O)(=O)NC(CC(C)C)C(=O)O. The second kappa shape index (κ2) is 8.04. The molecule has 146 valence electrons. The molecule has 1 atom stereocenters. The summed E-state index contributed by atoms with van der Waals surface area (Å²) in [5, 5.41) is 9.14. The molecule has 1 rings (SSSR count). The summed E-state index contributed by atoms with van der Waals surface area (Å²) >= 11 is 0. The van der Waals surface area contributed by atoms with Gasteiger partial charge in [-0.1, -0.05) is 13.8 Å². The molecule has 0 saturated heterocycles. The number of rotatable bonds is 7. The third-order valence-electron chi connectivity index (χ3n) is 3.31. The van der Waals surface area contributed by atoms with Gasteiger partial charge in [-0.25, -0.2) is 13.2 Å². The van der Waals surface area contributed by atoms with Gasteiger partial charge in [0.15, 0.2) is 0 Å². The number of nitrogens with one attached hydrogen (secondary N) is 1. The lowest BCUT2D eigenvalue weighted by molar-refractivity contribution is -0.139. The number of halogens is 3. The fourth-order valence-electron chi connectivity index (χ4n) is 2.12. The van der Waals surface area contributed by atoms with Gasteiger partial charge in [0.25, 0.3) is 0 Å². The largest absolute Gasteiger partial charge is 0.480 e. The molecule has 0 aliphatic rings. The van der Waals surface area contributed by atoms with Crippen LogP contribution in [-0.2, 0) is 25.7 Å². The zero-order chi connectivity index (χ0) is 20.3. The van der Waals surface area contributed by atoms with Gasteiger partial charge in [-0.15, -0.1) is 0 Å². The highest BCUT2D eigenvalue weighted by molar-refractivity contribution is 7.89. The van der Waals surface area contributed by atoms with E-state index in [4.69, 9.17) is 5.11 Å². The topological polar surface area (TPSA) is 110 Å². The summed E-state index contributed by atoms with van der Waals surface area (Å²) in [5.41, 5.74) is -1.94. The zero-order valence-corrected chi connectivity index (χ0v) is 14.9. The van der Waals surface area contributed by atoms with Crippen LogP contribution in [0.2, 0.25) is 0 Å². The predicted molar refractivity (Wildman–Crippen MR) is 84.0 cm³/mol. The maximum absolute atomic E-state index is 12.9. The van der Waals surface area contributed by atoms with E-state index in [9.17, 15) is 31.2 Å². The summed E-state index contributed by atoms with van der Waals surface area (Å²) in [6.07, 6.45) is -4.95. The Balaban J connectivity index is 3.48. The smallest absolute Gasteiger partial charge is 0.416 e. The third kappa shape index (κ3) is 5.43. The van der Waals surface area contributed by atoms with Crippen molar-refractivity contribution in [3.63, 3.8) is 0 Å². The van der Waals surface area contributed by atoms with Crippen LogP contribution >= 0.6 is 0 Å². The predicted octanol–water partition coefficient (Wildman–Crippen LogP) is 2.27. The normalized spacial score (nSPS) is 13.5. The van der Waals surface area contributed by atoms with Gasteiger partial charge in [0.1, 0.15) is 6.04 Å². The quantitative estimate of drug-likeness (QED) is 0.683. The highest BCUT2D eigenvalue weighted by Crippen LogP contribution is 2.32. The van der Waals surface area contributed by atoms with Crippen LogP contribution in [0, 0.1) is 5.92 Å². The van der Waals surface area contributed by atoms with Gasteiger partial charge in [-0.3, -0.25) is 4.79 Å². The Kier molecular flexibility index (Phi) is 6.77. The molecule has 0 fully saturated rings. The summed E-state index contributed by atoms with van der Waals surface area (Å²) in [5.74, 6) is -2.87. The molecule has 0 radical (unpaired) electrons. The van der Waals surface area contributed by atoms with E-state index in [1.54, 1.807) is 13.8 Å². The van der Waals surface area contributed by atoms with E-state index in [-0.39, 0.29) is 18.4 Å². The minimum atomic E-state index is -4.86. The average molecular weight is 397 g/mol. The maximum Gasteiger partial charge on any atom is 0.416 e. The highest BCUT2D eigenvalue weighted by Gasteiger charge is 2.35. The minimum absolute atomic E-state index is 0.0961. The first-order valence-electron chi connectivity index (χ1n) is 7.34. The molecule has 11 heteroatoms. The standard InChI is InChI=1S/C15H18F3NO6S/c1-8(2)6-11(13(20)21)19-26(23,24)12-7-9(15(16,17)18)4-5-10(12)14(22)25-3/h4-5,7-8,11,19H,6H2,1-3H3,(H,20,21). The molecule has 0 bridgehead atoms. The van der Waals surface area contributed by atoms with Crippen LogP contribution in [0.5, 0.6) is 0 Å². The first-order chi connectivity index (χ1) is 11.8. The first kappa shape index (κ1) is 21.9. The molecular formula is C15H18F3NO6S. The number of esters is 1. The molecule has 2 N–H and O–H groups in total. The molecule has 0 amide bonds. The van der Waals surface area contributed by atoms with Gasteiger partial charge in [-0.2, -0.15) is 17.9 Å².